The normalized spacial score (nSPS) is 22.6. The fourth-order valence-electron chi connectivity index (χ4n) is 4.22. The van der Waals surface area contributed by atoms with Crippen molar-refractivity contribution < 1.29 is 9.59 Å². The van der Waals surface area contributed by atoms with Crippen LogP contribution in [0.3, 0.4) is 0 Å². The molecule has 1 atom stereocenters. The Balaban J connectivity index is 1.50. The zero-order chi connectivity index (χ0) is 18.1. The highest BCUT2D eigenvalue weighted by Gasteiger charge is 2.51. The molecule has 2 aliphatic rings. The van der Waals surface area contributed by atoms with Crippen LogP contribution < -0.4 is 0 Å². The number of nitrogens with one attached hydrogen (secondary N) is 1. The summed E-state index contributed by atoms with van der Waals surface area (Å²) in [5, 5.41) is 6.76. The summed E-state index contributed by atoms with van der Waals surface area (Å²) in [5.74, 6) is 0.246. The second kappa shape index (κ2) is 6.59. The Morgan fingerprint density at radius 2 is 2.12 bits per heavy atom. The molecule has 1 unspecified atom stereocenters. The van der Waals surface area contributed by atoms with Crippen molar-refractivity contribution in [3.8, 4) is 11.1 Å². The maximum absolute atomic E-state index is 13.0. The molecule has 3 heterocycles. The van der Waals surface area contributed by atoms with Gasteiger partial charge in [0, 0.05) is 43.5 Å². The number of likely N-dealkylation sites (tertiary alicyclic amines) is 2. The van der Waals surface area contributed by atoms with Crippen molar-refractivity contribution in [3.63, 3.8) is 0 Å². The predicted molar refractivity (Wildman–Crippen MR) is 98.5 cm³/mol. The average molecular weight is 352 g/mol. The van der Waals surface area contributed by atoms with Gasteiger partial charge in [-0.3, -0.25) is 14.7 Å². The maximum atomic E-state index is 13.0. The summed E-state index contributed by atoms with van der Waals surface area (Å²) in [5.41, 5.74) is 2.23. The summed E-state index contributed by atoms with van der Waals surface area (Å²) < 4.78 is 0. The van der Waals surface area contributed by atoms with Gasteiger partial charge in [-0.2, -0.15) is 5.10 Å². The van der Waals surface area contributed by atoms with Gasteiger partial charge in [-0.05, 0) is 37.0 Å². The molecule has 0 saturated carbocycles. The number of amides is 2. The van der Waals surface area contributed by atoms with Gasteiger partial charge in [0.25, 0.3) is 5.91 Å². The van der Waals surface area contributed by atoms with E-state index in [2.05, 4.69) is 17.1 Å². The van der Waals surface area contributed by atoms with E-state index < -0.39 is 0 Å². The first kappa shape index (κ1) is 16.8. The van der Waals surface area contributed by atoms with Gasteiger partial charge in [0.1, 0.15) is 0 Å². The van der Waals surface area contributed by atoms with Gasteiger partial charge in [0.15, 0.2) is 0 Å². The van der Waals surface area contributed by atoms with Crippen molar-refractivity contribution in [3.05, 3.63) is 42.2 Å². The van der Waals surface area contributed by atoms with E-state index in [1.807, 2.05) is 40.3 Å². The Labute approximate surface area is 153 Å². The monoisotopic (exact) mass is 352 g/mol. The number of rotatable bonds is 4. The molecule has 1 aromatic carbocycles. The number of carbonyl (C=O) groups excluding carboxylic acids is 2. The van der Waals surface area contributed by atoms with E-state index in [9.17, 15) is 9.59 Å². The molecule has 2 saturated heterocycles. The molecule has 6 heteroatoms. The van der Waals surface area contributed by atoms with E-state index in [1.54, 1.807) is 6.20 Å². The molecule has 0 radical (unpaired) electrons. The lowest BCUT2D eigenvalue weighted by Crippen LogP contribution is -2.38. The van der Waals surface area contributed by atoms with Crippen LogP contribution in [0.5, 0.6) is 0 Å². The van der Waals surface area contributed by atoms with E-state index >= 15 is 0 Å². The summed E-state index contributed by atoms with van der Waals surface area (Å²) in [6.45, 7) is 4.93. The van der Waals surface area contributed by atoms with Gasteiger partial charge in [-0.1, -0.05) is 19.1 Å². The van der Waals surface area contributed by atoms with Crippen LogP contribution in [0.2, 0.25) is 0 Å². The molecule has 0 bridgehead atoms. The van der Waals surface area contributed by atoms with Crippen molar-refractivity contribution in [2.45, 2.75) is 26.2 Å². The number of hydrogen-bond acceptors (Lipinski definition) is 3. The molecule has 1 aromatic heterocycles. The van der Waals surface area contributed by atoms with Crippen molar-refractivity contribution in [2.75, 3.05) is 26.2 Å². The van der Waals surface area contributed by atoms with Crippen LogP contribution in [0.1, 0.15) is 36.5 Å². The van der Waals surface area contributed by atoms with Gasteiger partial charge in [0.05, 0.1) is 11.6 Å². The number of benzene rings is 1. The second-order valence-electron chi connectivity index (χ2n) is 7.37. The van der Waals surface area contributed by atoms with Crippen LogP contribution in [0.25, 0.3) is 11.1 Å². The summed E-state index contributed by atoms with van der Waals surface area (Å²) in [4.78, 5) is 29.6. The molecular weight excluding hydrogens is 328 g/mol. The third kappa shape index (κ3) is 2.79. The van der Waals surface area contributed by atoms with Crippen molar-refractivity contribution in [1.29, 1.82) is 0 Å². The quantitative estimate of drug-likeness (QED) is 0.919. The van der Waals surface area contributed by atoms with E-state index in [4.69, 9.17) is 0 Å². The fraction of sp³-hybridized carbons (Fsp3) is 0.450. The zero-order valence-corrected chi connectivity index (χ0v) is 15.1. The molecule has 2 fully saturated rings. The Hall–Kier alpha value is -2.63. The van der Waals surface area contributed by atoms with Crippen molar-refractivity contribution >= 4 is 11.8 Å². The molecule has 26 heavy (non-hydrogen) atoms. The molecule has 0 aliphatic carbocycles. The minimum atomic E-state index is -0.354. The first-order chi connectivity index (χ1) is 12.6. The molecule has 2 aromatic rings. The van der Waals surface area contributed by atoms with E-state index in [0.29, 0.717) is 18.7 Å². The number of hydrogen-bond donors (Lipinski definition) is 1. The molecular formula is C20H24N4O2. The van der Waals surface area contributed by atoms with Crippen LogP contribution in [-0.4, -0.2) is 58.0 Å². The van der Waals surface area contributed by atoms with Crippen LogP contribution in [0.15, 0.2) is 36.7 Å². The summed E-state index contributed by atoms with van der Waals surface area (Å²) in [6, 6.07) is 7.61. The minimum Gasteiger partial charge on any atom is -0.342 e. The third-order valence-corrected chi connectivity index (χ3v) is 5.68. The van der Waals surface area contributed by atoms with Gasteiger partial charge >= 0.3 is 0 Å². The maximum Gasteiger partial charge on any atom is 0.253 e. The van der Waals surface area contributed by atoms with Gasteiger partial charge in [0.2, 0.25) is 5.91 Å². The summed E-state index contributed by atoms with van der Waals surface area (Å²) in [6.07, 6.45) is 6.18. The lowest BCUT2D eigenvalue weighted by molar-refractivity contribution is -0.135. The van der Waals surface area contributed by atoms with Gasteiger partial charge in [-0.15, -0.1) is 0 Å². The smallest absolute Gasteiger partial charge is 0.253 e. The number of aromatic amines is 1. The number of aromatic nitrogens is 2. The Bertz CT molecular complexity index is 817. The largest absolute Gasteiger partial charge is 0.342 e. The molecule has 136 valence electrons. The number of carbonyl (C=O) groups is 2. The van der Waals surface area contributed by atoms with Gasteiger partial charge < -0.3 is 9.80 Å². The highest BCUT2D eigenvalue weighted by atomic mass is 16.2. The topological polar surface area (TPSA) is 69.3 Å². The Morgan fingerprint density at radius 3 is 2.88 bits per heavy atom. The molecule has 2 amide bonds. The minimum absolute atomic E-state index is 0.00830. The van der Waals surface area contributed by atoms with Crippen LogP contribution in [0.4, 0.5) is 0 Å². The number of H-pyrrole nitrogens is 1. The molecule has 6 nitrogen and oxygen atoms in total. The molecule has 2 aliphatic heterocycles. The van der Waals surface area contributed by atoms with E-state index in [-0.39, 0.29) is 17.2 Å². The lowest BCUT2D eigenvalue weighted by atomic mass is 9.85. The highest BCUT2D eigenvalue weighted by molar-refractivity contribution is 5.96. The SMILES string of the molecule is CCCN1CCC2(CCN(C(=O)c3cccc(-c4cn[nH]c4)c3)C2)C1=O. The highest BCUT2D eigenvalue weighted by Crippen LogP contribution is 2.41. The lowest BCUT2D eigenvalue weighted by Gasteiger charge is -2.23. The third-order valence-electron chi connectivity index (χ3n) is 5.68. The first-order valence-corrected chi connectivity index (χ1v) is 9.31. The van der Waals surface area contributed by atoms with E-state index in [0.717, 1.165) is 43.5 Å². The number of nitrogens with zero attached hydrogens (tertiary/aromatic N) is 3. The van der Waals surface area contributed by atoms with Gasteiger partial charge in [-0.25, -0.2) is 0 Å². The molecule has 1 N–H and O–H groups in total. The zero-order valence-electron chi connectivity index (χ0n) is 15.1. The molecule has 4 rings (SSSR count). The fourth-order valence-corrected chi connectivity index (χ4v) is 4.22. The van der Waals surface area contributed by atoms with Crippen molar-refractivity contribution in [2.24, 2.45) is 5.41 Å². The van der Waals surface area contributed by atoms with Crippen LogP contribution >= 0.6 is 0 Å². The second-order valence-corrected chi connectivity index (χ2v) is 7.37. The molecule has 1 spiro atoms. The van der Waals surface area contributed by atoms with Crippen molar-refractivity contribution in [1.82, 2.24) is 20.0 Å². The average Bonchev–Trinajstić information content (AvgIpc) is 3.40. The summed E-state index contributed by atoms with van der Waals surface area (Å²) in [7, 11) is 0. The first-order valence-electron chi connectivity index (χ1n) is 9.31. The van der Waals surface area contributed by atoms with E-state index in [1.165, 1.54) is 0 Å². The standard InChI is InChI=1S/C20H24N4O2/c1-2-8-23-9-6-20(19(23)26)7-10-24(14-20)18(25)16-5-3-4-15(11-16)17-12-21-22-13-17/h3-5,11-13H,2,6-10,14H2,1H3,(H,21,22). The summed E-state index contributed by atoms with van der Waals surface area (Å²) >= 11 is 0. The van der Waals surface area contributed by atoms with Crippen LogP contribution in [0, 0.1) is 5.41 Å². The van der Waals surface area contributed by atoms with Crippen LogP contribution in [-0.2, 0) is 4.79 Å². The Morgan fingerprint density at radius 1 is 1.27 bits per heavy atom. The Kier molecular flexibility index (Phi) is 4.26. The predicted octanol–water partition coefficient (Wildman–Crippen LogP) is 2.55.